The molecule has 4 rings (SSSR count). The van der Waals surface area contributed by atoms with E-state index >= 15 is 0 Å². The first-order valence-corrected chi connectivity index (χ1v) is 11.1. The van der Waals surface area contributed by atoms with Crippen LogP contribution in [0.5, 0.6) is 23.0 Å². The van der Waals surface area contributed by atoms with Gasteiger partial charge in [0.15, 0.2) is 23.0 Å². The molecule has 172 valence electrons. The van der Waals surface area contributed by atoms with E-state index in [4.69, 9.17) is 18.9 Å². The first-order valence-electron chi connectivity index (χ1n) is 11.1. The Hall–Kier alpha value is -2.77. The molecule has 0 aliphatic carbocycles. The maximum absolute atomic E-state index is 13.2. The number of hydrogen-bond acceptors (Lipinski definition) is 7. The van der Waals surface area contributed by atoms with E-state index in [0.717, 1.165) is 48.6 Å². The maximum atomic E-state index is 13.2. The number of fused-ring (bicyclic) bond motifs is 2. The molecule has 0 amide bonds. The Labute approximate surface area is 189 Å². The fourth-order valence-electron chi connectivity index (χ4n) is 4.84. The third-order valence-electron chi connectivity index (χ3n) is 6.48. The molecule has 2 aromatic rings. The number of methoxy groups -OCH3 is 4. The summed E-state index contributed by atoms with van der Waals surface area (Å²) in [5.74, 6) is 3.05. The number of ketones is 1. The topological polar surface area (TPSA) is 78.1 Å². The third-order valence-corrected chi connectivity index (χ3v) is 6.48. The molecule has 2 atom stereocenters. The average Bonchev–Trinajstić information content (AvgIpc) is 2.82. The second kappa shape index (κ2) is 9.79. The Bertz CT molecular complexity index is 913. The molecule has 7 nitrogen and oxygen atoms in total. The second-order valence-electron chi connectivity index (χ2n) is 8.27. The van der Waals surface area contributed by atoms with E-state index in [2.05, 4.69) is 10.6 Å². The van der Waals surface area contributed by atoms with Gasteiger partial charge in [0.2, 0.25) is 0 Å². The Morgan fingerprint density at radius 1 is 0.719 bits per heavy atom. The van der Waals surface area contributed by atoms with Crippen molar-refractivity contribution in [3.63, 3.8) is 0 Å². The van der Waals surface area contributed by atoms with Crippen LogP contribution >= 0.6 is 0 Å². The van der Waals surface area contributed by atoms with Crippen molar-refractivity contribution in [3.05, 3.63) is 46.5 Å². The van der Waals surface area contributed by atoms with Crippen molar-refractivity contribution in [3.8, 4) is 23.0 Å². The van der Waals surface area contributed by atoms with Crippen molar-refractivity contribution in [2.24, 2.45) is 0 Å². The molecule has 2 unspecified atom stereocenters. The lowest BCUT2D eigenvalue weighted by Crippen LogP contribution is -2.34. The standard InChI is InChI=1S/C25H32N2O5/c1-29-22-9-15-5-7-26-20(18(15)13-24(22)31-3)11-17(28)12-21-19-14-25(32-4)23(30-2)10-16(19)6-8-27-21/h9-10,13-14,20-21,26-27H,5-8,11-12H2,1-4H3. The minimum atomic E-state index is -0.0282. The summed E-state index contributed by atoms with van der Waals surface area (Å²) in [4.78, 5) is 13.2. The first kappa shape index (κ1) is 22.4. The van der Waals surface area contributed by atoms with Crippen molar-refractivity contribution in [1.82, 2.24) is 10.6 Å². The number of ether oxygens (including phenoxy) is 4. The molecule has 2 aliphatic rings. The zero-order valence-electron chi connectivity index (χ0n) is 19.2. The number of Topliss-reactive ketones (excluding diaryl/α,β-unsaturated/α-hetero) is 1. The summed E-state index contributed by atoms with van der Waals surface area (Å²) in [6.45, 7) is 1.67. The number of nitrogens with one attached hydrogen (secondary N) is 2. The summed E-state index contributed by atoms with van der Waals surface area (Å²) in [5, 5.41) is 7.02. The quantitative estimate of drug-likeness (QED) is 0.653. The highest BCUT2D eigenvalue weighted by Crippen LogP contribution is 2.38. The second-order valence-corrected chi connectivity index (χ2v) is 8.27. The number of carbonyl (C=O) groups excluding carboxylic acids is 1. The van der Waals surface area contributed by atoms with Gasteiger partial charge < -0.3 is 29.6 Å². The van der Waals surface area contributed by atoms with Gasteiger partial charge in [-0.3, -0.25) is 4.79 Å². The molecule has 0 radical (unpaired) electrons. The van der Waals surface area contributed by atoms with Crippen LogP contribution in [0.15, 0.2) is 24.3 Å². The molecule has 0 bridgehead atoms. The highest BCUT2D eigenvalue weighted by atomic mass is 16.5. The van der Waals surface area contributed by atoms with E-state index in [9.17, 15) is 4.79 Å². The molecule has 32 heavy (non-hydrogen) atoms. The summed E-state index contributed by atoms with van der Waals surface area (Å²) in [6.07, 6.45) is 2.67. The van der Waals surface area contributed by atoms with Crippen LogP contribution in [0.2, 0.25) is 0 Å². The van der Waals surface area contributed by atoms with Crippen molar-refractivity contribution in [2.45, 2.75) is 37.8 Å². The highest BCUT2D eigenvalue weighted by Gasteiger charge is 2.28. The smallest absolute Gasteiger partial charge is 0.161 e. The molecule has 2 heterocycles. The zero-order chi connectivity index (χ0) is 22.7. The zero-order valence-corrected chi connectivity index (χ0v) is 19.2. The number of benzene rings is 2. The van der Waals surface area contributed by atoms with E-state index in [-0.39, 0.29) is 17.9 Å². The predicted molar refractivity (Wildman–Crippen MR) is 122 cm³/mol. The van der Waals surface area contributed by atoms with Crippen LogP contribution in [0, 0.1) is 0 Å². The van der Waals surface area contributed by atoms with Crippen LogP contribution in [0.3, 0.4) is 0 Å². The summed E-state index contributed by atoms with van der Waals surface area (Å²) >= 11 is 0. The van der Waals surface area contributed by atoms with Gasteiger partial charge in [0, 0.05) is 24.9 Å². The Kier molecular flexibility index (Phi) is 6.86. The van der Waals surface area contributed by atoms with Gasteiger partial charge in [0.1, 0.15) is 5.78 Å². The Morgan fingerprint density at radius 2 is 1.09 bits per heavy atom. The summed E-state index contributed by atoms with van der Waals surface area (Å²) in [5.41, 5.74) is 4.64. The lowest BCUT2D eigenvalue weighted by Gasteiger charge is -2.30. The van der Waals surface area contributed by atoms with Gasteiger partial charge in [-0.1, -0.05) is 0 Å². The Balaban J connectivity index is 1.52. The first-order chi connectivity index (χ1) is 15.6. The fraction of sp³-hybridized carbons (Fsp3) is 0.480. The normalized spacial score (nSPS) is 19.5. The minimum Gasteiger partial charge on any atom is -0.493 e. The van der Waals surface area contributed by atoms with Crippen molar-refractivity contribution in [1.29, 1.82) is 0 Å². The largest absolute Gasteiger partial charge is 0.493 e. The van der Waals surface area contributed by atoms with E-state index in [1.807, 2.05) is 24.3 Å². The lowest BCUT2D eigenvalue weighted by molar-refractivity contribution is -0.120. The van der Waals surface area contributed by atoms with Crippen molar-refractivity contribution in [2.75, 3.05) is 41.5 Å². The SMILES string of the molecule is COc1cc2c(cc1OC)C(CC(=O)CC1NCCc3cc(OC)c(OC)cc31)NCC2. The molecular weight excluding hydrogens is 408 g/mol. The van der Waals surface area contributed by atoms with Gasteiger partial charge >= 0.3 is 0 Å². The van der Waals surface area contributed by atoms with E-state index in [1.54, 1.807) is 28.4 Å². The van der Waals surface area contributed by atoms with Gasteiger partial charge in [-0.2, -0.15) is 0 Å². The number of rotatable bonds is 8. The van der Waals surface area contributed by atoms with E-state index < -0.39 is 0 Å². The third kappa shape index (κ3) is 4.40. The number of carbonyl (C=O) groups is 1. The molecule has 0 fully saturated rings. The molecular formula is C25H32N2O5. The average molecular weight is 441 g/mol. The van der Waals surface area contributed by atoms with Gasteiger partial charge in [-0.05, 0) is 72.5 Å². The highest BCUT2D eigenvalue weighted by molar-refractivity contribution is 5.80. The molecule has 2 aromatic carbocycles. The minimum absolute atomic E-state index is 0.0282. The number of hydrogen-bond donors (Lipinski definition) is 2. The molecule has 2 aliphatic heterocycles. The van der Waals surface area contributed by atoms with Gasteiger partial charge in [-0.25, -0.2) is 0 Å². The van der Waals surface area contributed by atoms with E-state index in [1.165, 1.54) is 11.1 Å². The lowest BCUT2D eigenvalue weighted by atomic mass is 9.87. The fourth-order valence-corrected chi connectivity index (χ4v) is 4.84. The van der Waals surface area contributed by atoms with Crippen LogP contribution in [-0.2, 0) is 17.6 Å². The van der Waals surface area contributed by atoms with E-state index in [0.29, 0.717) is 24.3 Å². The molecule has 0 aromatic heterocycles. The summed E-state index contributed by atoms with van der Waals surface area (Å²) in [6, 6.07) is 8.02. The Morgan fingerprint density at radius 3 is 1.47 bits per heavy atom. The van der Waals surface area contributed by atoms with Gasteiger partial charge in [0.25, 0.3) is 0 Å². The van der Waals surface area contributed by atoms with Crippen LogP contribution in [0.4, 0.5) is 0 Å². The van der Waals surface area contributed by atoms with Crippen LogP contribution < -0.4 is 29.6 Å². The molecule has 0 saturated heterocycles. The van der Waals surface area contributed by atoms with Gasteiger partial charge in [0.05, 0.1) is 28.4 Å². The van der Waals surface area contributed by atoms with Gasteiger partial charge in [-0.15, -0.1) is 0 Å². The monoisotopic (exact) mass is 440 g/mol. The predicted octanol–water partition coefficient (Wildman–Crippen LogP) is 3.14. The van der Waals surface area contributed by atoms with Crippen molar-refractivity contribution >= 4 is 5.78 Å². The van der Waals surface area contributed by atoms with Crippen LogP contribution in [-0.4, -0.2) is 47.3 Å². The van der Waals surface area contributed by atoms with Crippen molar-refractivity contribution < 1.29 is 23.7 Å². The summed E-state index contributed by atoms with van der Waals surface area (Å²) in [7, 11) is 6.56. The molecule has 7 heteroatoms. The molecule has 2 N–H and O–H groups in total. The molecule has 0 saturated carbocycles. The summed E-state index contributed by atoms with van der Waals surface area (Å²) < 4.78 is 21.9. The van der Waals surface area contributed by atoms with Crippen LogP contribution in [0.25, 0.3) is 0 Å². The molecule has 0 spiro atoms. The maximum Gasteiger partial charge on any atom is 0.161 e. The van der Waals surface area contributed by atoms with Crippen LogP contribution in [0.1, 0.15) is 47.2 Å².